The third-order valence-corrected chi connectivity index (χ3v) is 3.50. The lowest BCUT2D eigenvalue weighted by Gasteiger charge is -2.27. The van der Waals surface area contributed by atoms with Crippen LogP contribution < -0.4 is 5.32 Å². The predicted octanol–water partition coefficient (Wildman–Crippen LogP) is 0.622. The van der Waals surface area contributed by atoms with Crippen molar-refractivity contribution in [2.24, 2.45) is 5.92 Å². The number of nitrogens with one attached hydrogen (secondary N) is 1. The molecule has 1 aliphatic heterocycles. The van der Waals surface area contributed by atoms with Crippen LogP contribution in [0.1, 0.15) is 26.2 Å². The summed E-state index contributed by atoms with van der Waals surface area (Å²) in [6.45, 7) is 4.27. The maximum Gasteiger partial charge on any atom is 0.229 e. The third-order valence-electron chi connectivity index (χ3n) is 3.50. The fourth-order valence-electron chi connectivity index (χ4n) is 2.40. The molecule has 2 atom stereocenters. The first kappa shape index (κ1) is 11.9. The molecule has 0 aromatic carbocycles. The minimum atomic E-state index is 0.0251. The second kappa shape index (κ2) is 5.15. The van der Waals surface area contributed by atoms with Crippen molar-refractivity contribution in [3.8, 4) is 0 Å². The molecule has 1 saturated carbocycles. The summed E-state index contributed by atoms with van der Waals surface area (Å²) in [4.78, 5) is 14.5. The van der Waals surface area contributed by atoms with Gasteiger partial charge >= 0.3 is 0 Å². The van der Waals surface area contributed by atoms with E-state index in [0.717, 1.165) is 13.0 Å². The van der Waals surface area contributed by atoms with Crippen molar-refractivity contribution >= 4 is 5.91 Å². The molecule has 1 aliphatic carbocycles. The summed E-state index contributed by atoms with van der Waals surface area (Å²) in [5, 5.41) is 3.18. The van der Waals surface area contributed by atoms with Crippen molar-refractivity contribution in [2.45, 2.75) is 38.3 Å². The Hall–Kier alpha value is -0.610. The summed E-state index contributed by atoms with van der Waals surface area (Å²) in [5.74, 6) is 0.318. The Bertz CT molecular complexity index is 249. The van der Waals surface area contributed by atoms with Crippen molar-refractivity contribution in [1.82, 2.24) is 10.2 Å². The Labute approximate surface area is 97.3 Å². The van der Waals surface area contributed by atoms with Crippen molar-refractivity contribution in [2.75, 3.05) is 26.8 Å². The highest BCUT2D eigenvalue weighted by molar-refractivity contribution is 5.80. The van der Waals surface area contributed by atoms with Crippen LogP contribution in [0.25, 0.3) is 0 Å². The quantitative estimate of drug-likeness (QED) is 0.747. The van der Waals surface area contributed by atoms with Crippen LogP contribution in [0.5, 0.6) is 0 Å². The number of hydrogen-bond acceptors (Lipinski definition) is 3. The van der Waals surface area contributed by atoms with Gasteiger partial charge in [0.25, 0.3) is 0 Å². The Morgan fingerprint density at radius 3 is 2.75 bits per heavy atom. The van der Waals surface area contributed by atoms with Crippen molar-refractivity contribution in [1.29, 1.82) is 0 Å². The molecular formula is C12H22N2O2. The van der Waals surface area contributed by atoms with Gasteiger partial charge in [0.15, 0.2) is 0 Å². The number of rotatable bonds is 5. The van der Waals surface area contributed by atoms with E-state index >= 15 is 0 Å². The van der Waals surface area contributed by atoms with E-state index in [0.29, 0.717) is 25.2 Å². The number of amides is 1. The molecule has 2 rings (SSSR count). The first-order chi connectivity index (χ1) is 7.77. The molecule has 2 aliphatic rings. The summed E-state index contributed by atoms with van der Waals surface area (Å²) in [7, 11) is 1.90. The summed E-state index contributed by atoms with van der Waals surface area (Å²) in [5.41, 5.74) is 0. The van der Waals surface area contributed by atoms with Gasteiger partial charge in [-0.1, -0.05) is 6.92 Å². The van der Waals surface area contributed by atoms with Crippen LogP contribution in [0, 0.1) is 5.92 Å². The SMILES string of the molecule is CCCN(C(=O)C1COCC1NC)C1CC1. The van der Waals surface area contributed by atoms with Crippen LogP contribution >= 0.6 is 0 Å². The van der Waals surface area contributed by atoms with E-state index < -0.39 is 0 Å². The Kier molecular flexibility index (Phi) is 3.82. The van der Waals surface area contributed by atoms with Crippen LogP contribution in [0.2, 0.25) is 0 Å². The van der Waals surface area contributed by atoms with Gasteiger partial charge in [0, 0.05) is 18.6 Å². The molecule has 0 aromatic rings. The van der Waals surface area contributed by atoms with Gasteiger partial charge in [-0.3, -0.25) is 4.79 Å². The average molecular weight is 226 g/mol. The van der Waals surface area contributed by atoms with Gasteiger partial charge in [0.05, 0.1) is 19.1 Å². The lowest BCUT2D eigenvalue weighted by molar-refractivity contribution is -0.136. The minimum absolute atomic E-state index is 0.0251. The average Bonchev–Trinajstić information content (AvgIpc) is 3.01. The number of ether oxygens (including phenoxy) is 1. The van der Waals surface area contributed by atoms with Crippen LogP contribution in [0.3, 0.4) is 0 Å². The summed E-state index contributed by atoms with van der Waals surface area (Å²) in [6.07, 6.45) is 3.41. The molecule has 2 fully saturated rings. The van der Waals surface area contributed by atoms with Crippen molar-refractivity contribution in [3.05, 3.63) is 0 Å². The van der Waals surface area contributed by atoms with Gasteiger partial charge in [-0.25, -0.2) is 0 Å². The molecule has 2 unspecified atom stereocenters. The molecule has 0 spiro atoms. The molecule has 1 N–H and O–H groups in total. The second-order valence-corrected chi connectivity index (χ2v) is 4.80. The number of hydrogen-bond donors (Lipinski definition) is 1. The fraction of sp³-hybridized carbons (Fsp3) is 0.917. The third kappa shape index (κ3) is 2.38. The molecule has 1 amide bonds. The lowest BCUT2D eigenvalue weighted by Crippen LogP contribution is -2.45. The molecule has 0 radical (unpaired) electrons. The topological polar surface area (TPSA) is 41.6 Å². The van der Waals surface area contributed by atoms with Crippen molar-refractivity contribution in [3.63, 3.8) is 0 Å². The highest BCUT2D eigenvalue weighted by Gasteiger charge is 2.40. The zero-order valence-corrected chi connectivity index (χ0v) is 10.2. The standard InChI is InChI=1S/C12H22N2O2/c1-3-6-14(9-4-5-9)12(15)10-7-16-8-11(10)13-2/h9-11,13H,3-8H2,1-2H3. The predicted molar refractivity (Wildman–Crippen MR) is 62.2 cm³/mol. The zero-order chi connectivity index (χ0) is 11.5. The van der Waals surface area contributed by atoms with E-state index in [1.54, 1.807) is 0 Å². The maximum atomic E-state index is 12.4. The van der Waals surface area contributed by atoms with Crippen LogP contribution in [0.4, 0.5) is 0 Å². The van der Waals surface area contributed by atoms with E-state index in [1.165, 1.54) is 12.8 Å². The minimum Gasteiger partial charge on any atom is -0.379 e. The van der Waals surface area contributed by atoms with E-state index in [4.69, 9.17) is 4.74 Å². The van der Waals surface area contributed by atoms with E-state index in [9.17, 15) is 4.79 Å². The molecule has 16 heavy (non-hydrogen) atoms. The molecule has 0 bridgehead atoms. The van der Waals surface area contributed by atoms with Crippen molar-refractivity contribution < 1.29 is 9.53 Å². The fourth-order valence-corrected chi connectivity index (χ4v) is 2.40. The first-order valence-electron chi connectivity index (χ1n) is 6.33. The monoisotopic (exact) mass is 226 g/mol. The van der Waals surface area contributed by atoms with Gasteiger partial charge < -0.3 is 15.0 Å². The van der Waals surface area contributed by atoms with Crippen LogP contribution in [-0.2, 0) is 9.53 Å². The van der Waals surface area contributed by atoms with Crippen LogP contribution in [-0.4, -0.2) is 49.7 Å². The number of carbonyl (C=O) groups is 1. The number of nitrogens with zero attached hydrogens (tertiary/aromatic N) is 1. The Morgan fingerprint density at radius 1 is 1.44 bits per heavy atom. The summed E-state index contributed by atoms with van der Waals surface area (Å²) in [6, 6.07) is 0.719. The van der Waals surface area contributed by atoms with Gasteiger partial charge in [0.2, 0.25) is 5.91 Å². The maximum absolute atomic E-state index is 12.4. The van der Waals surface area contributed by atoms with E-state index in [-0.39, 0.29) is 12.0 Å². The lowest BCUT2D eigenvalue weighted by atomic mass is 10.0. The molecular weight excluding hydrogens is 204 g/mol. The largest absolute Gasteiger partial charge is 0.379 e. The molecule has 0 aromatic heterocycles. The zero-order valence-electron chi connectivity index (χ0n) is 10.2. The normalized spacial score (nSPS) is 29.4. The molecule has 4 nitrogen and oxygen atoms in total. The van der Waals surface area contributed by atoms with Gasteiger partial charge in [-0.2, -0.15) is 0 Å². The molecule has 92 valence electrons. The first-order valence-corrected chi connectivity index (χ1v) is 6.33. The Balaban J connectivity index is 1.98. The van der Waals surface area contributed by atoms with Gasteiger partial charge in [-0.05, 0) is 26.3 Å². The Morgan fingerprint density at radius 2 is 2.19 bits per heavy atom. The number of likely N-dealkylation sites (N-methyl/N-ethyl adjacent to an activating group) is 1. The second-order valence-electron chi connectivity index (χ2n) is 4.80. The van der Waals surface area contributed by atoms with Crippen LogP contribution in [0.15, 0.2) is 0 Å². The molecule has 1 saturated heterocycles. The van der Waals surface area contributed by atoms with E-state index in [2.05, 4.69) is 17.1 Å². The summed E-state index contributed by atoms with van der Waals surface area (Å²) < 4.78 is 5.40. The highest BCUT2D eigenvalue weighted by atomic mass is 16.5. The molecule has 4 heteroatoms. The van der Waals surface area contributed by atoms with Gasteiger partial charge in [0.1, 0.15) is 0 Å². The number of carbonyl (C=O) groups excluding carboxylic acids is 1. The highest BCUT2D eigenvalue weighted by Crippen LogP contribution is 2.29. The van der Waals surface area contributed by atoms with Gasteiger partial charge in [-0.15, -0.1) is 0 Å². The summed E-state index contributed by atoms with van der Waals surface area (Å²) >= 11 is 0. The smallest absolute Gasteiger partial charge is 0.229 e. The van der Waals surface area contributed by atoms with E-state index in [1.807, 2.05) is 7.05 Å². The molecule has 1 heterocycles.